The van der Waals surface area contributed by atoms with Crippen LogP contribution >= 0.6 is 0 Å². The molecule has 0 radical (unpaired) electrons. The maximum Gasteiger partial charge on any atom is 0.416 e. The van der Waals surface area contributed by atoms with Gasteiger partial charge in [0, 0.05) is 13.1 Å². The Morgan fingerprint density at radius 2 is 1.38 bits per heavy atom. The zero-order valence-corrected chi connectivity index (χ0v) is 21.3. The van der Waals surface area contributed by atoms with Crippen LogP contribution in [0.15, 0.2) is 89.5 Å². The molecule has 1 aromatic heterocycles. The van der Waals surface area contributed by atoms with E-state index in [1.807, 2.05) is 30.3 Å². The Hall–Kier alpha value is -4.12. The van der Waals surface area contributed by atoms with E-state index in [4.69, 9.17) is 4.42 Å². The first kappa shape index (κ1) is 28.9. The number of rotatable bonds is 9. The molecular weight excluding hydrogens is 536 g/mol. The van der Waals surface area contributed by atoms with E-state index in [0.29, 0.717) is 11.1 Å². The summed E-state index contributed by atoms with van der Waals surface area (Å²) in [4.78, 5) is 18.5. The largest absolute Gasteiger partial charge is 0.447 e. The fourth-order valence-corrected chi connectivity index (χ4v) is 4.15. The average Bonchev–Trinajstić information content (AvgIpc) is 3.37. The van der Waals surface area contributed by atoms with Gasteiger partial charge in [0.15, 0.2) is 5.69 Å². The molecule has 0 aliphatic carbocycles. The molecule has 1 amide bonds. The van der Waals surface area contributed by atoms with E-state index in [-0.39, 0.29) is 37.3 Å². The van der Waals surface area contributed by atoms with Crippen molar-refractivity contribution in [2.24, 2.45) is 0 Å². The van der Waals surface area contributed by atoms with Gasteiger partial charge in [-0.15, -0.1) is 0 Å². The van der Waals surface area contributed by atoms with Crippen molar-refractivity contribution in [1.29, 1.82) is 0 Å². The normalized spacial score (nSPS) is 12.9. The van der Waals surface area contributed by atoms with Gasteiger partial charge in [-0.1, -0.05) is 66.7 Å². The van der Waals surface area contributed by atoms with Crippen LogP contribution in [0.25, 0.3) is 0 Å². The lowest BCUT2D eigenvalue weighted by Gasteiger charge is -2.22. The number of halogens is 6. The summed E-state index contributed by atoms with van der Waals surface area (Å²) in [5.74, 6) is -0.412. The van der Waals surface area contributed by atoms with Crippen LogP contribution in [0.5, 0.6) is 0 Å². The van der Waals surface area contributed by atoms with Gasteiger partial charge in [0.05, 0.1) is 23.7 Å². The molecule has 4 aromatic rings. The van der Waals surface area contributed by atoms with Crippen molar-refractivity contribution in [3.8, 4) is 0 Å². The fraction of sp³-hybridized carbons (Fsp3) is 0.241. The number of carbonyl (C=O) groups is 1. The molecule has 40 heavy (non-hydrogen) atoms. The topological polar surface area (TPSA) is 58.4 Å². The minimum absolute atomic E-state index is 0.00383. The number of hydrogen-bond acceptors (Lipinski definition) is 4. The maximum absolute atomic E-state index is 13.2. The van der Waals surface area contributed by atoms with Crippen molar-refractivity contribution in [1.82, 2.24) is 15.2 Å². The SMILES string of the molecule is C[C@@H](NC(=O)c1coc(CN(Cc2cccc(C(F)(F)F)c2)Cc2cccc(C(F)(F)F)c2)n1)c1ccccc1. The number of oxazole rings is 1. The molecule has 0 saturated carbocycles. The Labute approximate surface area is 226 Å². The highest BCUT2D eigenvalue weighted by Gasteiger charge is 2.31. The van der Waals surface area contributed by atoms with E-state index in [1.165, 1.54) is 24.3 Å². The summed E-state index contributed by atoms with van der Waals surface area (Å²) in [5, 5.41) is 2.81. The van der Waals surface area contributed by atoms with Crippen LogP contribution < -0.4 is 5.32 Å². The molecule has 3 aromatic carbocycles. The van der Waals surface area contributed by atoms with Crippen LogP contribution in [0.4, 0.5) is 26.3 Å². The molecule has 5 nitrogen and oxygen atoms in total. The third-order valence-electron chi connectivity index (χ3n) is 6.11. The number of nitrogens with one attached hydrogen (secondary N) is 1. The van der Waals surface area contributed by atoms with Crippen molar-refractivity contribution >= 4 is 5.91 Å². The second-order valence-electron chi connectivity index (χ2n) is 9.27. The third kappa shape index (κ3) is 7.72. The molecule has 0 aliphatic rings. The fourth-order valence-electron chi connectivity index (χ4n) is 4.15. The second kappa shape index (κ2) is 12.0. The van der Waals surface area contributed by atoms with Gasteiger partial charge in [-0.3, -0.25) is 9.69 Å². The minimum atomic E-state index is -4.55. The Morgan fingerprint density at radius 1 is 0.825 bits per heavy atom. The van der Waals surface area contributed by atoms with Crippen LogP contribution in [0.1, 0.15) is 57.2 Å². The van der Waals surface area contributed by atoms with Gasteiger partial charge >= 0.3 is 12.4 Å². The lowest BCUT2D eigenvalue weighted by molar-refractivity contribution is -0.138. The minimum Gasteiger partial charge on any atom is -0.447 e. The highest BCUT2D eigenvalue weighted by Crippen LogP contribution is 2.31. The van der Waals surface area contributed by atoms with Gasteiger partial charge < -0.3 is 9.73 Å². The highest BCUT2D eigenvalue weighted by atomic mass is 19.4. The summed E-state index contributed by atoms with van der Waals surface area (Å²) in [6.45, 7) is 1.64. The lowest BCUT2D eigenvalue weighted by Crippen LogP contribution is -2.27. The van der Waals surface area contributed by atoms with Crippen molar-refractivity contribution in [2.45, 2.75) is 45.0 Å². The number of nitrogens with zero attached hydrogens (tertiary/aromatic N) is 2. The quantitative estimate of drug-likeness (QED) is 0.216. The van der Waals surface area contributed by atoms with Gasteiger partial charge in [-0.05, 0) is 35.7 Å². The van der Waals surface area contributed by atoms with Crippen molar-refractivity contribution in [3.63, 3.8) is 0 Å². The first-order valence-electron chi connectivity index (χ1n) is 12.2. The summed E-state index contributed by atoms with van der Waals surface area (Å²) in [6, 6.07) is 18.3. The standard InChI is InChI=1S/C29H25F6N3O2/c1-19(22-9-3-2-4-10-22)36-27(39)25-18-40-26(37-25)17-38(15-20-7-5-11-23(13-20)28(30,31)32)16-21-8-6-12-24(14-21)29(33,34)35/h2-14,18-19H,15-17H2,1H3,(H,36,39)/t19-/m1/s1. The maximum atomic E-state index is 13.2. The van der Waals surface area contributed by atoms with E-state index >= 15 is 0 Å². The van der Waals surface area contributed by atoms with E-state index in [1.54, 1.807) is 11.8 Å². The smallest absolute Gasteiger partial charge is 0.416 e. The van der Waals surface area contributed by atoms with E-state index in [9.17, 15) is 31.1 Å². The summed E-state index contributed by atoms with van der Waals surface area (Å²) in [7, 11) is 0. The summed E-state index contributed by atoms with van der Waals surface area (Å²) in [5.41, 5.74) is -0.215. The monoisotopic (exact) mass is 561 g/mol. The Bertz CT molecular complexity index is 1370. The summed E-state index contributed by atoms with van der Waals surface area (Å²) in [6.07, 6.45) is -7.94. The van der Waals surface area contributed by atoms with Crippen LogP contribution in [0.2, 0.25) is 0 Å². The van der Waals surface area contributed by atoms with Crippen molar-refractivity contribution in [2.75, 3.05) is 0 Å². The van der Waals surface area contributed by atoms with E-state index in [2.05, 4.69) is 10.3 Å². The first-order chi connectivity index (χ1) is 18.9. The van der Waals surface area contributed by atoms with Crippen molar-refractivity contribution in [3.05, 3.63) is 125 Å². The predicted octanol–water partition coefficient (Wildman–Crippen LogP) is 7.41. The molecular formula is C29H25F6N3O2. The number of carbonyl (C=O) groups excluding carboxylic acids is 1. The van der Waals surface area contributed by atoms with Gasteiger partial charge in [0.2, 0.25) is 5.89 Å². The molecule has 0 unspecified atom stereocenters. The molecule has 4 rings (SSSR count). The average molecular weight is 562 g/mol. The number of benzene rings is 3. The third-order valence-corrected chi connectivity index (χ3v) is 6.11. The van der Waals surface area contributed by atoms with Crippen LogP contribution in [0, 0.1) is 0 Å². The lowest BCUT2D eigenvalue weighted by atomic mass is 10.1. The molecule has 210 valence electrons. The zero-order valence-electron chi connectivity index (χ0n) is 21.3. The van der Waals surface area contributed by atoms with Crippen LogP contribution in [-0.4, -0.2) is 15.8 Å². The molecule has 0 bridgehead atoms. The highest BCUT2D eigenvalue weighted by molar-refractivity contribution is 5.92. The predicted molar refractivity (Wildman–Crippen MR) is 135 cm³/mol. The van der Waals surface area contributed by atoms with Crippen LogP contribution in [-0.2, 0) is 32.0 Å². The molecule has 0 aliphatic heterocycles. The molecule has 11 heteroatoms. The Balaban J connectivity index is 1.54. The van der Waals surface area contributed by atoms with Gasteiger partial charge in [-0.25, -0.2) is 4.98 Å². The summed E-state index contributed by atoms with van der Waals surface area (Å²) < 4.78 is 85.0. The number of hydrogen-bond donors (Lipinski definition) is 1. The number of alkyl halides is 6. The molecule has 1 heterocycles. The molecule has 0 saturated heterocycles. The number of aromatic nitrogens is 1. The van der Waals surface area contributed by atoms with Crippen LogP contribution in [0.3, 0.4) is 0 Å². The van der Waals surface area contributed by atoms with E-state index in [0.717, 1.165) is 36.1 Å². The van der Waals surface area contributed by atoms with Gasteiger partial charge in [-0.2, -0.15) is 26.3 Å². The first-order valence-corrected chi connectivity index (χ1v) is 12.2. The zero-order chi connectivity index (χ0) is 28.9. The van der Waals surface area contributed by atoms with Gasteiger partial charge in [0.1, 0.15) is 6.26 Å². The number of amides is 1. The summed E-state index contributed by atoms with van der Waals surface area (Å²) >= 11 is 0. The van der Waals surface area contributed by atoms with Gasteiger partial charge in [0.25, 0.3) is 5.91 Å². The second-order valence-corrected chi connectivity index (χ2v) is 9.27. The molecule has 0 spiro atoms. The molecule has 1 N–H and O–H groups in total. The molecule has 1 atom stereocenters. The molecule has 0 fully saturated rings. The Kier molecular flexibility index (Phi) is 8.63. The van der Waals surface area contributed by atoms with E-state index < -0.39 is 29.4 Å². The van der Waals surface area contributed by atoms with Crippen molar-refractivity contribution < 1.29 is 35.6 Å². The Morgan fingerprint density at radius 3 is 1.90 bits per heavy atom.